The molecule has 1 aliphatic heterocycles. The minimum Gasteiger partial charge on any atom is -0.355 e. The van der Waals surface area contributed by atoms with E-state index in [-0.39, 0.29) is 11.8 Å². The van der Waals surface area contributed by atoms with E-state index >= 15 is 0 Å². The van der Waals surface area contributed by atoms with E-state index < -0.39 is 0 Å². The molecule has 1 aliphatic carbocycles. The van der Waals surface area contributed by atoms with Crippen LogP contribution in [0.3, 0.4) is 0 Å². The molecule has 0 radical (unpaired) electrons. The van der Waals surface area contributed by atoms with E-state index in [4.69, 9.17) is 0 Å². The first-order chi connectivity index (χ1) is 14.2. The maximum atomic E-state index is 12.7. The first-order valence-corrected chi connectivity index (χ1v) is 11.7. The number of anilines is 1. The lowest BCUT2D eigenvalue weighted by Crippen LogP contribution is -2.45. The van der Waals surface area contributed by atoms with Crippen LogP contribution >= 0.6 is 11.3 Å². The summed E-state index contributed by atoms with van der Waals surface area (Å²) in [6, 6.07) is 4.65. The lowest BCUT2D eigenvalue weighted by atomic mass is 9.94. The second kappa shape index (κ2) is 9.71. The summed E-state index contributed by atoms with van der Waals surface area (Å²) in [5.41, 5.74) is 0. The summed E-state index contributed by atoms with van der Waals surface area (Å²) < 4.78 is 1.97. The Morgan fingerprint density at radius 3 is 2.69 bits per heavy atom. The van der Waals surface area contributed by atoms with Gasteiger partial charge in [0.1, 0.15) is 0 Å². The van der Waals surface area contributed by atoms with Gasteiger partial charge in [0.2, 0.25) is 16.2 Å². The molecule has 2 aromatic heterocycles. The third-order valence-electron chi connectivity index (χ3n) is 6.25. The maximum absolute atomic E-state index is 12.7. The lowest BCUT2D eigenvalue weighted by molar-refractivity contribution is -0.125. The molecule has 3 heterocycles. The normalized spacial score (nSPS) is 20.9. The highest BCUT2D eigenvalue weighted by Gasteiger charge is 2.28. The highest BCUT2D eigenvalue weighted by atomic mass is 32.1. The Balaban J connectivity index is 1.25. The molecule has 158 valence electrons. The summed E-state index contributed by atoms with van der Waals surface area (Å²) in [6.45, 7) is 3.33. The average Bonchev–Trinajstić information content (AvgIpc) is 3.46. The molecule has 8 heteroatoms. The van der Waals surface area contributed by atoms with Crippen molar-refractivity contribution in [1.29, 1.82) is 0 Å². The summed E-state index contributed by atoms with van der Waals surface area (Å²) in [6.07, 6.45) is 12.6. The predicted octanol–water partition coefficient (Wildman–Crippen LogP) is 2.93. The van der Waals surface area contributed by atoms with Crippen LogP contribution in [0, 0.1) is 5.92 Å². The lowest BCUT2D eigenvalue weighted by Gasteiger charge is -2.32. The maximum Gasteiger partial charge on any atom is 0.224 e. The monoisotopic (exact) mass is 416 g/mol. The van der Waals surface area contributed by atoms with Gasteiger partial charge in [0, 0.05) is 44.6 Å². The van der Waals surface area contributed by atoms with E-state index in [0.717, 1.165) is 49.3 Å². The van der Waals surface area contributed by atoms with Crippen LogP contribution in [0.25, 0.3) is 5.13 Å². The van der Waals surface area contributed by atoms with Gasteiger partial charge in [0.25, 0.3) is 0 Å². The second-order valence-electron chi connectivity index (χ2n) is 8.31. The Morgan fingerprint density at radius 1 is 1.14 bits per heavy atom. The Labute approximate surface area is 177 Å². The number of hydrogen-bond donors (Lipinski definition) is 1. The summed E-state index contributed by atoms with van der Waals surface area (Å²) in [7, 11) is 2.20. The number of aromatic nitrogens is 3. The number of nitrogens with one attached hydrogen (secondary N) is 1. The van der Waals surface area contributed by atoms with Crippen molar-refractivity contribution in [2.24, 2.45) is 5.92 Å². The number of piperidine rings is 1. The summed E-state index contributed by atoms with van der Waals surface area (Å²) in [5.74, 6) is 0.213. The van der Waals surface area contributed by atoms with Crippen molar-refractivity contribution in [3.63, 3.8) is 0 Å². The van der Waals surface area contributed by atoms with Crippen LogP contribution < -0.4 is 10.2 Å². The first kappa shape index (κ1) is 20.3. The smallest absolute Gasteiger partial charge is 0.224 e. The fourth-order valence-electron chi connectivity index (χ4n) is 4.47. The van der Waals surface area contributed by atoms with Crippen LogP contribution in [0.4, 0.5) is 5.13 Å². The van der Waals surface area contributed by atoms with E-state index in [2.05, 4.69) is 32.4 Å². The molecule has 0 unspecified atom stereocenters. The largest absolute Gasteiger partial charge is 0.355 e. The quantitative estimate of drug-likeness (QED) is 0.752. The van der Waals surface area contributed by atoms with E-state index in [1.54, 1.807) is 11.3 Å². The van der Waals surface area contributed by atoms with Crippen molar-refractivity contribution in [1.82, 2.24) is 25.0 Å². The zero-order chi connectivity index (χ0) is 20.1. The minimum atomic E-state index is 0.0302. The van der Waals surface area contributed by atoms with Crippen molar-refractivity contribution in [3.05, 3.63) is 24.5 Å². The molecule has 2 aromatic rings. The number of amides is 1. The molecule has 1 N–H and O–H groups in total. The topological polar surface area (TPSA) is 66.3 Å². The van der Waals surface area contributed by atoms with Gasteiger partial charge in [-0.25, -0.2) is 0 Å². The van der Waals surface area contributed by atoms with Gasteiger partial charge in [-0.2, -0.15) is 0 Å². The molecule has 2 aliphatic rings. The van der Waals surface area contributed by atoms with Crippen LogP contribution in [0.5, 0.6) is 0 Å². The summed E-state index contributed by atoms with van der Waals surface area (Å²) >= 11 is 1.58. The van der Waals surface area contributed by atoms with Crippen molar-refractivity contribution in [3.8, 4) is 5.13 Å². The van der Waals surface area contributed by atoms with Crippen molar-refractivity contribution >= 4 is 22.4 Å². The molecule has 29 heavy (non-hydrogen) atoms. The number of hydrogen-bond acceptors (Lipinski definition) is 6. The molecule has 0 aromatic carbocycles. The molecule has 1 amide bonds. The Bertz CT molecular complexity index is 770. The highest BCUT2D eigenvalue weighted by molar-refractivity contribution is 7.17. The van der Waals surface area contributed by atoms with E-state index in [1.807, 2.05) is 29.1 Å². The highest BCUT2D eigenvalue weighted by Crippen LogP contribution is 2.28. The molecule has 4 rings (SSSR count). The van der Waals surface area contributed by atoms with Crippen LogP contribution in [-0.4, -0.2) is 64.8 Å². The fraction of sp³-hybridized carbons (Fsp3) is 0.667. The third kappa shape index (κ3) is 5.17. The van der Waals surface area contributed by atoms with Crippen molar-refractivity contribution < 1.29 is 4.79 Å². The molecular formula is C21H32N6OS. The van der Waals surface area contributed by atoms with Gasteiger partial charge in [0.05, 0.1) is 5.92 Å². The molecule has 1 saturated heterocycles. The van der Waals surface area contributed by atoms with Crippen molar-refractivity contribution in [2.45, 2.75) is 51.0 Å². The molecule has 0 spiro atoms. The van der Waals surface area contributed by atoms with Gasteiger partial charge in [0.15, 0.2) is 0 Å². The zero-order valence-electron chi connectivity index (χ0n) is 17.3. The Kier molecular flexibility index (Phi) is 6.82. The minimum absolute atomic E-state index is 0.0302. The first-order valence-electron chi connectivity index (χ1n) is 10.9. The van der Waals surface area contributed by atoms with Crippen molar-refractivity contribution in [2.75, 3.05) is 38.1 Å². The van der Waals surface area contributed by atoms with Crippen LogP contribution in [0.15, 0.2) is 24.5 Å². The van der Waals surface area contributed by atoms with E-state index in [1.165, 1.54) is 32.1 Å². The number of carbonyl (C=O) groups is 1. The summed E-state index contributed by atoms with van der Waals surface area (Å²) in [4.78, 5) is 17.4. The van der Waals surface area contributed by atoms with Gasteiger partial charge < -0.3 is 15.1 Å². The molecule has 7 nitrogen and oxygen atoms in total. The second-order valence-corrected chi connectivity index (χ2v) is 9.24. The van der Waals surface area contributed by atoms with E-state index in [0.29, 0.717) is 6.04 Å². The molecule has 1 atom stereocenters. The Hall–Kier alpha value is -1.93. The van der Waals surface area contributed by atoms with Gasteiger partial charge in [-0.15, -0.1) is 10.2 Å². The standard InChI is InChI=1S/C21H32N6OS/c1-25(18-9-3-2-4-10-18)15-11-22-19(28)17-8-7-14-27(16-17)21-24-23-20(29-21)26-12-5-6-13-26/h5-6,12-13,17-18H,2-4,7-11,14-16H2,1H3,(H,22,28)/t17-/m1/s1. The molecular weight excluding hydrogens is 384 g/mol. The summed E-state index contributed by atoms with van der Waals surface area (Å²) in [5, 5.41) is 13.6. The van der Waals surface area contributed by atoms with Gasteiger partial charge in [-0.1, -0.05) is 30.6 Å². The van der Waals surface area contributed by atoms with E-state index in [9.17, 15) is 4.79 Å². The number of rotatable bonds is 7. The SMILES string of the molecule is CN(CCNC(=O)[C@@H]1CCCN(c2nnc(-n3cccc3)s2)C1)C1CCCCC1. The molecule has 0 bridgehead atoms. The zero-order valence-corrected chi connectivity index (χ0v) is 18.1. The van der Waals surface area contributed by atoms with Gasteiger partial charge >= 0.3 is 0 Å². The number of carbonyl (C=O) groups excluding carboxylic acids is 1. The Morgan fingerprint density at radius 2 is 1.90 bits per heavy atom. The number of nitrogens with zero attached hydrogens (tertiary/aromatic N) is 5. The van der Waals surface area contributed by atoms with Gasteiger partial charge in [-0.3, -0.25) is 9.36 Å². The number of likely N-dealkylation sites (N-methyl/N-ethyl adjacent to an activating group) is 1. The fourth-order valence-corrected chi connectivity index (χ4v) is 5.32. The molecule has 2 fully saturated rings. The van der Waals surface area contributed by atoms with Crippen LogP contribution in [-0.2, 0) is 4.79 Å². The predicted molar refractivity (Wildman–Crippen MR) is 117 cm³/mol. The van der Waals surface area contributed by atoms with Gasteiger partial charge in [-0.05, 0) is 44.9 Å². The van der Waals surface area contributed by atoms with Crippen LogP contribution in [0.1, 0.15) is 44.9 Å². The van der Waals surface area contributed by atoms with Crippen LogP contribution in [0.2, 0.25) is 0 Å². The third-order valence-corrected chi connectivity index (χ3v) is 7.25. The molecule has 1 saturated carbocycles. The average molecular weight is 417 g/mol.